The third kappa shape index (κ3) is 3.75. The van der Waals surface area contributed by atoms with E-state index in [1.54, 1.807) is 7.11 Å². The van der Waals surface area contributed by atoms with Crippen molar-refractivity contribution in [2.45, 2.75) is 38.8 Å². The van der Waals surface area contributed by atoms with Crippen LogP contribution in [0, 0.1) is 6.92 Å². The average molecular weight is 422 g/mol. The first-order chi connectivity index (χ1) is 15.1. The summed E-state index contributed by atoms with van der Waals surface area (Å²) in [4.78, 5) is 13.8. The van der Waals surface area contributed by atoms with Crippen molar-refractivity contribution in [3.05, 3.63) is 36.5 Å². The topological polar surface area (TPSA) is 91.4 Å². The molecular formula is C22H27N7O2. The molecule has 162 valence electrons. The van der Waals surface area contributed by atoms with E-state index in [0.29, 0.717) is 18.6 Å². The molecule has 9 nitrogen and oxygen atoms in total. The predicted octanol–water partition coefficient (Wildman–Crippen LogP) is 3.25. The largest absolute Gasteiger partial charge is 0.383 e. The lowest BCUT2D eigenvalue weighted by Gasteiger charge is -2.25. The highest BCUT2D eigenvalue weighted by molar-refractivity contribution is 5.85. The third-order valence-electron chi connectivity index (χ3n) is 5.80. The number of nitrogens with zero attached hydrogens (tertiary/aromatic N) is 6. The van der Waals surface area contributed by atoms with Gasteiger partial charge in [0.15, 0.2) is 5.65 Å². The van der Waals surface area contributed by atoms with E-state index >= 15 is 0 Å². The van der Waals surface area contributed by atoms with E-state index in [9.17, 15) is 0 Å². The zero-order valence-electron chi connectivity index (χ0n) is 18.1. The second-order valence-electron chi connectivity index (χ2n) is 8.08. The number of pyridine rings is 1. The SMILES string of the molecule is COCC(C)Nc1ncc2c(-c3cnc4nc(C)n(C5CCOCC5)c4c3)ccn2n1. The number of aromatic nitrogens is 6. The first-order valence-electron chi connectivity index (χ1n) is 10.7. The van der Waals surface area contributed by atoms with Crippen LogP contribution in [-0.4, -0.2) is 62.1 Å². The molecule has 1 fully saturated rings. The molecule has 9 heteroatoms. The molecule has 0 bridgehead atoms. The predicted molar refractivity (Wildman–Crippen MR) is 118 cm³/mol. The van der Waals surface area contributed by atoms with E-state index in [2.05, 4.69) is 49.0 Å². The fourth-order valence-corrected chi connectivity index (χ4v) is 4.36. The number of hydrogen-bond donors (Lipinski definition) is 1. The quantitative estimate of drug-likeness (QED) is 0.511. The summed E-state index contributed by atoms with van der Waals surface area (Å²) in [7, 11) is 1.68. The van der Waals surface area contributed by atoms with Crippen LogP contribution < -0.4 is 5.32 Å². The summed E-state index contributed by atoms with van der Waals surface area (Å²) >= 11 is 0. The zero-order chi connectivity index (χ0) is 21.4. The Balaban J connectivity index is 1.51. The molecule has 1 atom stereocenters. The minimum atomic E-state index is 0.123. The number of rotatable bonds is 6. The smallest absolute Gasteiger partial charge is 0.241 e. The maximum absolute atomic E-state index is 5.55. The first-order valence-corrected chi connectivity index (χ1v) is 10.7. The Labute approximate surface area is 180 Å². The minimum Gasteiger partial charge on any atom is -0.383 e. The Kier molecular flexibility index (Phi) is 5.29. The third-order valence-corrected chi connectivity index (χ3v) is 5.80. The molecule has 5 rings (SSSR count). The van der Waals surface area contributed by atoms with Gasteiger partial charge in [-0.2, -0.15) is 0 Å². The molecule has 0 aliphatic carbocycles. The van der Waals surface area contributed by atoms with Crippen molar-refractivity contribution >= 4 is 22.6 Å². The molecule has 1 unspecified atom stereocenters. The second-order valence-corrected chi connectivity index (χ2v) is 8.08. The maximum atomic E-state index is 5.55. The van der Waals surface area contributed by atoms with Crippen molar-refractivity contribution in [1.29, 1.82) is 0 Å². The van der Waals surface area contributed by atoms with Crippen LogP contribution in [0.25, 0.3) is 27.8 Å². The monoisotopic (exact) mass is 421 g/mol. The van der Waals surface area contributed by atoms with Gasteiger partial charge in [0.2, 0.25) is 5.95 Å². The van der Waals surface area contributed by atoms with E-state index in [1.165, 1.54) is 0 Å². The van der Waals surface area contributed by atoms with Gasteiger partial charge in [-0.15, -0.1) is 5.10 Å². The highest BCUT2D eigenvalue weighted by Crippen LogP contribution is 2.31. The number of methoxy groups -OCH3 is 1. The van der Waals surface area contributed by atoms with Gasteiger partial charge in [-0.3, -0.25) is 0 Å². The van der Waals surface area contributed by atoms with E-state index < -0.39 is 0 Å². The highest BCUT2D eigenvalue weighted by atomic mass is 16.5. The summed E-state index contributed by atoms with van der Waals surface area (Å²) in [6, 6.07) is 4.75. The molecule has 1 aliphatic rings. The van der Waals surface area contributed by atoms with Gasteiger partial charge in [0.1, 0.15) is 5.82 Å². The minimum absolute atomic E-state index is 0.123. The Hall–Kier alpha value is -3.04. The van der Waals surface area contributed by atoms with Gasteiger partial charge in [-0.25, -0.2) is 19.5 Å². The molecule has 1 saturated heterocycles. The lowest BCUT2D eigenvalue weighted by molar-refractivity contribution is 0.0701. The van der Waals surface area contributed by atoms with Crippen LogP contribution in [0.5, 0.6) is 0 Å². The first kappa shape index (κ1) is 19.9. The summed E-state index contributed by atoms with van der Waals surface area (Å²) in [5, 5.41) is 7.84. The number of ether oxygens (including phenoxy) is 2. The summed E-state index contributed by atoms with van der Waals surface area (Å²) in [6.45, 7) is 6.25. The van der Waals surface area contributed by atoms with Crippen LogP contribution >= 0.6 is 0 Å². The molecule has 0 radical (unpaired) electrons. The fourth-order valence-electron chi connectivity index (χ4n) is 4.36. The van der Waals surface area contributed by atoms with Crippen molar-refractivity contribution in [3.63, 3.8) is 0 Å². The standard InChI is InChI=1S/C22H27N7O2/c1-14(13-30-3)25-22-24-12-20-18(4-7-28(20)27-22)16-10-19-21(23-11-16)26-15(2)29(19)17-5-8-31-9-6-17/h4,7,10-12,14,17H,5-6,8-9,13H2,1-3H3,(H,25,27). The molecule has 0 amide bonds. The maximum Gasteiger partial charge on any atom is 0.241 e. The van der Waals surface area contributed by atoms with Crippen LogP contribution in [0.4, 0.5) is 5.95 Å². The molecule has 1 aliphatic heterocycles. The molecule has 1 N–H and O–H groups in total. The molecule has 0 saturated carbocycles. The number of imidazole rings is 1. The molecule has 0 aromatic carbocycles. The summed E-state index contributed by atoms with van der Waals surface area (Å²) in [5.41, 5.74) is 4.85. The van der Waals surface area contributed by atoms with E-state index in [-0.39, 0.29) is 6.04 Å². The molecular weight excluding hydrogens is 394 g/mol. The van der Waals surface area contributed by atoms with E-state index in [1.807, 2.05) is 30.0 Å². The van der Waals surface area contributed by atoms with Gasteiger partial charge in [-0.1, -0.05) is 0 Å². The van der Waals surface area contributed by atoms with Crippen molar-refractivity contribution in [1.82, 2.24) is 29.1 Å². The van der Waals surface area contributed by atoms with E-state index in [4.69, 9.17) is 9.47 Å². The van der Waals surface area contributed by atoms with Crippen LogP contribution in [0.3, 0.4) is 0 Å². The summed E-state index contributed by atoms with van der Waals surface area (Å²) in [5.74, 6) is 1.57. The van der Waals surface area contributed by atoms with Crippen LogP contribution in [0.1, 0.15) is 31.6 Å². The number of aryl methyl sites for hydroxylation is 1. The Morgan fingerprint density at radius 2 is 2.06 bits per heavy atom. The number of hydrogen-bond acceptors (Lipinski definition) is 7. The Bertz CT molecular complexity index is 1210. The van der Waals surface area contributed by atoms with Gasteiger partial charge >= 0.3 is 0 Å². The average Bonchev–Trinajstić information content (AvgIpc) is 3.33. The lowest BCUT2D eigenvalue weighted by Crippen LogP contribution is -2.22. The van der Waals surface area contributed by atoms with Crippen LogP contribution in [0.15, 0.2) is 30.7 Å². The van der Waals surface area contributed by atoms with Gasteiger partial charge < -0.3 is 19.4 Å². The summed E-state index contributed by atoms with van der Waals surface area (Å²) in [6.07, 6.45) is 7.66. The van der Waals surface area contributed by atoms with Gasteiger partial charge in [0, 0.05) is 55.9 Å². The van der Waals surface area contributed by atoms with Gasteiger partial charge in [0.05, 0.1) is 23.8 Å². The molecule has 31 heavy (non-hydrogen) atoms. The van der Waals surface area contributed by atoms with Crippen molar-refractivity contribution in [3.8, 4) is 11.1 Å². The molecule has 4 aromatic heterocycles. The van der Waals surface area contributed by atoms with Crippen molar-refractivity contribution < 1.29 is 9.47 Å². The normalized spacial score (nSPS) is 16.2. The second kappa shape index (κ2) is 8.24. The Morgan fingerprint density at radius 1 is 1.23 bits per heavy atom. The van der Waals surface area contributed by atoms with Crippen LogP contribution in [0.2, 0.25) is 0 Å². The molecule has 4 aromatic rings. The molecule has 0 spiro atoms. The number of fused-ring (bicyclic) bond motifs is 2. The number of anilines is 1. The van der Waals surface area contributed by atoms with Gasteiger partial charge in [0.25, 0.3) is 0 Å². The number of nitrogens with one attached hydrogen (secondary N) is 1. The molecule has 5 heterocycles. The van der Waals surface area contributed by atoms with Crippen LogP contribution in [-0.2, 0) is 9.47 Å². The van der Waals surface area contributed by atoms with Gasteiger partial charge in [-0.05, 0) is 38.8 Å². The van der Waals surface area contributed by atoms with Crippen molar-refractivity contribution in [2.24, 2.45) is 0 Å². The summed E-state index contributed by atoms with van der Waals surface area (Å²) < 4.78 is 14.9. The fraction of sp³-hybridized carbons (Fsp3) is 0.455. The van der Waals surface area contributed by atoms with E-state index in [0.717, 1.165) is 59.7 Å². The highest BCUT2D eigenvalue weighted by Gasteiger charge is 2.21. The Morgan fingerprint density at radius 3 is 2.87 bits per heavy atom. The zero-order valence-corrected chi connectivity index (χ0v) is 18.1. The van der Waals surface area contributed by atoms with Crippen molar-refractivity contribution in [2.75, 3.05) is 32.2 Å². The lowest BCUT2D eigenvalue weighted by atomic mass is 10.1.